The number of nitrogens with zero attached hydrogens (tertiary/aromatic N) is 4. The second-order valence-electron chi connectivity index (χ2n) is 11.4. The lowest BCUT2D eigenvalue weighted by atomic mass is 9.93. The van der Waals surface area contributed by atoms with Gasteiger partial charge in [0.1, 0.15) is 5.65 Å². The van der Waals surface area contributed by atoms with E-state index < -0.39 is 0 Å². The van der Waals surface area contributed by atoms with Crippen molar-refractivity contribution in [3.8, 4) is 16.8 Å². The quantitative estimate of drug-likeness (QED) is 0.197. The summed E-state index contributed by atoms with van der Waals surface area (Å²) in [5.74, 6) is 0. The molecule has 0 fully saturated rings. The van der Waals surface area contributed by atoms with Crippen molar-refractivity contribution in [2.24, 2.45) is 0 Å². The van der Waals surface area contributed by atoms with Crippen molar-refractivity contribution >= 4 is 71.1 Å². The van der Waals surface area contributed by atoms with Crippen LogP contribution >= 0.6 is 0 Å². The van der Waals surface area contributed by atoms with E-state index in [1.807, 2.05) is 12.3 Å². The van der Waals surface area contributed by atoms with Crippen LogP contribution in [0.15, 0.2) is 146 Å². The molecule has 0 saturated heterocycles. The Morgan fingerprint density at radius 2 is 1.14 bits per heavy atom. The molecule has 0 unspecified atom stereocenters. The Labute approximate surface area is 252 Å². The number of benzene rings is 6. The normalized spacial score (nSPS) is 12.1. The molecule has 0 radical (unpaired) electrons. The molecule has 6 aromatic carbocycles. The molecule has 10 aromatic rings. The molecule has 0 aliphatic carbocycles. The van der Waals surface area contributed by atoms with E-state index in [1.54, 1.807) is 0 Å². The first-order chi connectivity index (χ1) is 21.8. The van der Waals surface area contributed by atoms with Crippen molar-refractivity contribution in [1.82, 2.24) is 18.9 Å². The summed E-state index contributed by atoms with van der Waals surface area (Å²) < 4.78 is 4.66. The van der Waals surface area contributed by atoms with E-state index in [0.29, 0.717) is 0 Å². The maximum absolute atomic E-state index is 5.18. The van der Waals surface area contributed by atoms with Gasteiger partial charge in [-0.15, -0.1) is 0 Å². The molecule has 10 rings (SSSR count). The zero-order valence-electron chi connectivity index (χ0n) is 23.6. The Morgan fingerprint density at radius 3 is 1.93 bits per heavy atom. The van der Waals surface area contributed by atoms with Gasteiger partial charge in [0.25, 0.3) is 0 Å². The first kappa shape index (κ1) is 23.6. The van der Waals surface area contributed by atoms with E-state index in [2.05, 4.69) is 142 Å². The van der Waals surface area contributed by atoms with Gasteiger partial charge < -0.3 is 4.57 Å². The minimum absolute atomic E-state index is 0.962. The van der Waals surface area contributed by atoms with Gasteiger partial charge in [0, 0.05) is 33.4 Å². The van der Waals surface area contributed by atoms with Crippen LogP contribution in [0.3, 0.4) is 0 Å². The zero-order chi connectivity index (χ0) is 28.8. The minimum Gasteiger partial charge on any atom is -0.309 e. The lowest BCUT2D eigenvalue weighted by Gasteiger charge is -2.15. The second kappa shape index (κ2) is 8.76. The monoisotopic (exact) mass is 560 g/mol. The average molecular weight is 561 g/mol. The molecule has 0 aliphatic heterocycles. The number of imidazole rings is 1. The third-order valence-electron chi connectivity index (χ3n) is 9.11. The van der Waals surface area contributed by atoms with Gasteiger partial charge in [-0.25, -0.2) is 4.98 Å². The van der Waals surface area contributed by atoms with Gasteiger partial charge in [-0.2, -0.15) is 0 Å². The van der Waals surface area contributed by atoms with Crippen LogP contribution in [-0.4, -0.2) is 18.9 Å². The Bertz CT molecular complexity index is 2730. The van der Waals surface area contributed by atoms with Crippen molar-refractivity contribution in [2.45, 2.75) is 0 Å². The molecule has 4 aromatic heterocycles. The summed E-state index contributed by atoms with van der Waals surface area (Å²) in [5, 5.41) is 7.14. The highest BCUT2D eigenvalue weighted by Crippen LogP contribution is 2.41. The van der Waals surface area contributed by atoms with Gasteiger partial charge in [0.15, 0.2) is 0 Å². The molecule has 0 amide bonds. The van der Waals surface area contributed by atoms with Crippen LogP contribution in [0, 0.1) is 0 Å². The Hall–Kier alpha value is -6.00. The smallest absolute Gasteiger partial charge is 0.147 e. The highest BCUT2D eigenvalue weighted by atomic mass is 15.0. The van der Waals surface area contributed by atoms with Crippen LogP contribution in [0.5, 0.6) is 0 Å². The van der Waals surface area contributed by atoms with E-state index >= 15 is 0 Å². The van der Waals surface area contributed by atoms with Crippen molar-refractivity contribution in [3.05, 3.63) is 146 Å². The molecule has 0 N–H and O–H groups in total. The van der Waals surface area contributed by atoms with Gasteiger partial charge in [0.05, 0.1) is 33.1 Å². The van der Waals surface area contributed by atoms with Crippen LogP contribution in [0.4, 0.5) is 0 Å². The summed E-state index contributed by atoms with van der Waals surface area (Å²) in [6.07, 6.45) is 1.89. The predicted molar refractivity (Wildman–Crippen MR) is 183 cm³/mol. The molecule has 44 heavy (non-hydrogen) atoms. The van der Waals surface area contributed by atoms with Crippen molar-refractivity contribution in [3.63, 3.8) is 0 Å². The highest BCUT2D eigenvalue weighted by Gasteiger charge is 2.19. The fourth-order valence-corrected chi connectivity index (χ4v) is 7.28. The number of hydrogen-bond acceptors (Lipinski definition) is 2. The minimum atomic E-state index is 0.962. The Kier molecular flexibility index (Phi) is 4.69. The molecule has 0 saturated carbocycles. The molecular formula is C40H24N4. The molecule has 0 atom stereocenters. The van der Waals surface area contributed by atoms with Crippen molar-refractivity contribution < 1.29 is 0 Å². The number of aromatic nitrogens is 4. The van der Waals surface area contributed by atoms with Crippen LogP contribution in [0.1, 0.15) is 0 Å². The fraction of sp³-hybridized carbons (Fsp3) is 0. The van der Waals surface area contributed by atoms with Crippen LogP contribution in [0.2, 0.25) is 0 Å². The van der Waals surface area contributed by atoms with E-state index in [4.69, 9.17) is 9.97 Å². The Morgan fingerprint density at radius 1 is 0.477 bits per heavy atom. The number of fused-ring (bicyclic) bond motifs is 13. The standard InChI is InChI=1S/C40H24N4/c1-2-16-30-27(13-1)31(24-32-38(30)40-42-33-17-5-8-20-36(33)44(40)37-21-10-22-41-39(32)37)25-11-9-12-26(23-25)43-34-18-6-3-14-28(34)29-15-4-7-19-35(29)43/h1-24H. The predicted octanol–water partition coefficient (Wildman–Crippen LogP) is 10.1. The topological polar surface area (TPSA) is 35.1 Å². The number of pyridine rings is 2. The summed E-state index contributed by atoms with van der Waals surface area (Å²) in [6, 6.07) is 49.9. The molecular weight excluding hydrogens is 536 g/mol. The Balaban J connectivity index is 1.32. The third kappa shape index (κ3) is 3.11. The SMILES string of the molecule is c1cc(-c2cc3c4ncccc4n4c5ccccc5nc4c3c3ccccc23)cc(-n2c3ccccc3c3ccccc32)c1. The maximum atomic E-state index is 5.18. The zero-order valence-corrected chi connectivity index (χ0v) is 23.6. The lowest BCUT2D eigenvalue weighted by molar-refractivity contribution is 1.18. The first-order valence-corrected chi connectivity index (χ1v) is 14.9. The number of rotatable bonds is 2. The first-order valence-electron chi connectivity index (χ1n) is 14.9. The average Bonchev–Trinajstić information content (AvgIpc) is 3.64. The van der Waals surface area contributed by atoms with Crippen LogP contribution < -0.4 is 0 Å². The summed E-state index contributed by atoms with van der Waals surface area (Å²) >= 11 is 0. The van der Waals surface area contributed by atoms with E-state index in [0.717, 1.165) is 44.2 Å². The molecule has 4 heterocycles. The van der Waals surface area contributed by atoms with E-state index in [9.17, 15) is 0 Å². The van der Waals surface area contributed by atoms with Crippen LogP contribution in [0.25, 0.3) is 87.9 Å². The molecule has 4 heteroatoms. The summed E-state index contributed by atoms with van der Waals surface area (Å²) in [7, 11) is 0. The molecule has 4 nitrogen and oxygen atoms in total. The molecule has 0 aliphatic rings. The largest absolute Gasteiger partial charge is 0.309 e. The second-order valence-corrected chi connectivity index (χ2v) is 11.4. The molecule has 0 bridgehead atoms. The maximum Gasteiger partial charge on any atom is 0.147 e. The van der Waals surface area contributed by atoms with E-state index in [1.165, 1.54) is 43.7 Å². The summed E-state index contributed by atoms with van der Waals surface area (Å²) in [5.41, 5.74) is 11.0. The number of para-hydroxylation sites is 4. The fourth-order valence-electron chi connectivity index (χ4n) is 7.28. The van der Waals surface area contributed by atoms with E-state index in [-0.39, 0.29) is 0 Å². The van der Waals surface area contributed by atoms with Crippen molar-refractivity contribution in [2.75, 3.05) is 0 Å². The number of hydrogen-bond donors (Lipinski definition) is 0. The summed E-state index contributed by atoms with van der Waals surface area (Å²) in [4.78, 5) is 10.1. The van der Waals surface area contributed by atoms with Crippen molar-refractivity contribution in [1.29, 1.82) is 0 Å². The van der Waals surface area contributed by atoms with Gasteiger partial charge in [-0.3, -0.25) is 9.38 Å². The lowest BCUT2D eigenvalue weighted by Crippen LogP contribution is -1.96. The molecule has 204 valence electrons. The third-order valence-corrected chi connectivity index (χ3v) is 9.11. The summed E-state index contributed by atoms with van der Waals surface area (Å²) in [6.45, 7) is 0. The van der Waals surface area contributed by atoms with Gasteiger partial charge in [0.2, 0.25) is 0 Å². The van der Waals surface area contributed by atoms with Gasteiger partial charge >= 0.3 is 0 Å². The highest BCUT2D eigenvalue weighted by molar-refractivity contribution is 6.25. The van der Waals surface area contributed by atoms with Crippen LogP contribution in [-0.2, 0) is 0 Å². The van der Waals surface area contributed by atoms with Gasteiger partial charge in [-0.1, -0.05) is 84.9 Å². The van der Waals surface area contributed by atoms with Gasteiger partial charge in [-0.05, 0) is 76.5 Å². The molecule has 0 spiro atoms.